The predicted octanol–water partition coefficient (Wildman–Crippen LogP) is 3.20. The third-order valence-corrected chi connectivity index (χ3v) is 2.94. The molecule has 0 aliphatic carbocycles. The van der Waals surface area contributed by atoms with Crippen molar-refractivity contribution in [1.82, 2.24) is 10.1 Å². The van der Waals surface area contributed by atoms with Crippen LogP contribution in [0.2, 0.25) is 0 Å². The van der Waals surface area contributed by atoms with Crippen molar-refractivity contribution in [2.45, 2.75) is 59.8 Å². The van der Waals surface area contributed by atoms with Gasteiger partial charge in [0.15, 0.2) is 5.82 Å². The SMILES string of the molecule is CCCCc1noc(N(CCCC)C(=O)C(C)C)n1. The Balaban J connectivity index is 2.78. The second kappa shape index (κ2) is 7.92. The van der Waals surface area contributed by atoms with Gasteiger partial charge in [-0.3, -0.25) is 9.69 Å². The maximum absolute atomic E-state index is 12.2. The summed E-state index contributed by atoms with van der Waals surface area (Å²) in [6.07, 6.45) is 4.89. The molecule has 1 heterocycles. The van der Waals surface area contributed by atoms with Crippen molar-refractivity contribution in [2.24, 2.45) is 5.92 Å². The summed E-state index contributed by atoms with van der Waals surface area (Å²) in [5.41, 5.74) is 0. The number of amides is 1. The maximum atomic E-state index is 12.2. The first-order chi connectivity index (χ1) is 9.10. The zero-order valence-electron chi connectivity index (χ0n) is 12.5. The van der Waals surface area contributed by atoms with Gasteiger partial charge in [0.25, 0.3) is 0 Å². The molecule has 0 fully saturated rings. The topological polar surface area (TPSA) is 59.2 Å². The van der Waals surface area contributed by atoms with Crippen LogP contribution in [0.1, 0.15) is 59.2 Å². The Morgan fingerprint density at radius 1 is 1.26 bits per heavy atom. The molecule has 0 atom stereocenters. The summed E-state index contributed by atoms with van der Waals surface area (Å²) in [4.78, 5) is 18.1. The Bertz CT molecular complexity index is 388. The predicted molar refractivity (Wildman–Crippen MR) is 75.0 cm³/mol. The molecule has 0 unspecified atom stereocenters. The standard InChI is InChI=1S/C14H25N3O2/c1-5-7-9-12-15-14(19-16-12)17(10-8-6-2)13(18)11(3)4/h11H,5-10H2,1-4H3. The zero-order valence-corrected chi connectivity index (χ0v) is 12.5. The van der Waals surface area contributed by atoms with Gasteiger partial charge >= 0.3 is 6.01 Å². The van der Waals surface area contributed by atoms with Gasteiger partial charge in [-0.1, -0.05) is 45.7 Å². The number of anilines is 1. The third kappa shape index (κ3) is 4.65. The highest BCUT2D eigenvalue weighted by Crippen LogP contribution is 2.16. The molecule has 0 bridgehead atoms. The number of nitrogens with zero attached hydrogens (tertiary/aromatic N) is 3. The van der Waals surface area contributed by atoms with Crippen LogP contribution in [0.25, 0.3) is 0 Å². The number of hydrogen-bond acceptors (Lipinski definition) is 4. The van der Waals surface area contributed by atoms with E-state index in [0.29, 0.717) is 18.4 Å². The van der Waals surface area contributed by atoms with E-state index in [1.165, 1.54) is 0 Å². The van der Waals surface area contributed by atoms with Crippen LogP contribution in [-0.2, 0) is 11.2 Å². The minimum Gasteiger partial charge on any atom is -0.315 e. The number of carbonyl (C=O) groups excluding carboxylic acids is 1. The van der Waals surface area contributed by atoms with E-state index in [4.69, 9.17) is 4.52 Å². The normalized spacial score (nSPS) is 11.0. The smallest absolute Gasteiger partial charge is 0.315 e. The number of rotatable bonds is 8. The van der Waals surface area contributed by atoms with E-state index in [2.05, 4.69) is 24.0 Å². The van der Waals surface area contributed by atoms with E-state index in [0.717, 1.165) is 32.1 Å². The number of hydrogen-bond donors (Lipinski definition) is 0. The third-order valence-electron chi connectivity index (χ3n) is 2.94. The summed E-state index contributed by atoms with van der Waals surface area (Å²) in [5, 5.41) is 3.94. The average Bonchev–Trinajstić information content (AvgIpc) is 2.85. The molecule has 0 aliphatic rings. The van der Waals surface area contributed by atoms with E-state index >= 15 is 0 Å². The van der Waals surface area contributed by atoms with Crippen LogP contribution in [0.5, 0.6) is 0 Å². The Kier molecular flexibility index (Phi) is 6.53. The van der Waals surface area contributed by atoms with Crippen molar-refractivity contribution >= 4 is 11.9 Å². The summed E-state index contributed by atoms with van der Waals surface area (Å²) in [7, 11) is 0. The molecule has 0 saturated heterocycles. The summed E-state index contributed by atoms with van der Waals surface area (Å²) >= 11 is 0. The minimum absolute atomic E-state index is 0.0409. The van der Waals surface area contributed by atoms with Crippen molar-refractivity contribution in [3.8, 4) is 0 Å². The van der Waals surface area contributed by atoms with Crippen LogP contribution >= 0.6 is 0 Å². The van der Waals surface area contributed by atoms with Crippen molar-refractivity contribution in [2.75, 3.05) is 11.4 Å². The van der Waals surface area contributed by atoms with Gasteiger partial charge in [0.2, 0.25) is 5.91 Å². The van der Waals surface area contributed by atoms with Gasteiger partial charge in [0, 0.05) is 18.9 Å². The summed E-state index contributed by atoms with van der Waals surface area (Å²) in [5.74, 6) is 0.664. The molecule has 0 radical (unpaired) electrons. The van der Waals surface area contributed by atoms with Crippen molar-refractivity contribution in [3.05, 3.63) is 5.82 Å². The number of aromatic nitrogens is 2. The van der Waals surface area contributed by atoms with Crippen molar-refractivity contribution in [1.29, 1.82) is 0 Å². The monoisotopic (exact) mass is 267 g/mol. The lowest BCUT2D eigenvalue weighted by atomic mass is 10.2. The van der Waals surface area contributed by atoms with E-state index < -0.39 is 0 Å². The second-order valence-corrected chi connectivity index (χ2v) is 5.09. The number of carbonyl (C=O) groups is 1. The Labute approximate surface area is 115 Å². The van der Waals surface area contributed by atoms with E-state index in [1.54, 1.807) is 4.90 Å². The lowest BCUT2D eigenvalue weighted by Crippen LogP contribution is -2.35. The van der Waals surface area contributed by atoms with Crippen molar-refractivity contribution < 1.29 is 9.32 Å². The molecule has 5 nitrogen and oxygen atoms in total. The fourth-order valence-electron chi connectivity index (χ4n) is 1.72. The van der Waals surface area contributed by atoms with E-state index in [1.807, 2.05) is 13.8 Å². The molecule has 1 rings (SSSR count). The minimum atomic E-state index is -0.0668. The molecule has 0 N–H and O–H groups in total. The first-order valence-electron chi connectivity index (χ1n) is 7.24. The van der Waals surface area contributed by atoms with Crippen LogP contribution in [0.3, 0.4) is 0 Å². The Morgan fingerprint density at radius 2 is 1.95 bits per heavy atom. The lowest BCUT2D eigenvalue weighted by molar-refractivity contribution is -0.121. The van der Waals surface area contributed by atoms with Gasteiger partial charge in [0.05, 0.1) is 0 Å². The summed E-state index contributed by atoms with van der Waals surface area (Å²) in [6, 6.07) is 0.346. The molecular weight excluding hydrogens is 242 g/mol. The number of unbranched alkanes of at least 4 members (excludes halogenated alkanes) is 2. The number of aryl methyl sites for hydroxylation is 1. The van der Waals surface area contributed by atoms with Gasteiger partial charge in [-0.05, 0) is 12.8 Å². The fraction of sp³-hybridized carbons (Fsp3) is 0.786. The summed E-state index contributed by atoms with van der Waals surface area (Å²) < 4.78 is 5.24. The first-order valence-corrected chi connectivity index (χ1v) is 7.24. The average molecular weight is 267 g/mol. The van der Waals surface area contributed by atoms with Crippen molar-refractivity contribution in [3.63, 3.8) is 0 Å². The highest BCUT2D eigenvalue weighted by molar-refractivity contribution is 5.92. The highest BCUT2D eigenvalue weighted by Gasteiger charge is 2.23. The molecular formula is C14H25N3O2. The van der Waals surface area contributed by atoms with Crippen LogP contribution in [0, 0.1) is 5.92 Å². The van der Waals surface area contributed by atoms with Gasteiger partial charge in [0.1, 0.15) is 0 Å². The highest BCUT2D eigenvalue weighted by atomic mass is 16.5. The van der Waals surface area contributed by atoms with Crippen LogP contribution < -0.4 is 4.90 Å². The fourth-order valence-corrected chi connectivity index (χ4v) is 1.72. The van der Waals surface area contributed by atoms with Crippen LogP contribution in [0.4, 0.5) is 6.01 Å². The first kappa shape index (κ1) is 15.7. The molecule has 5 heteroatoms. The molecule has 0 aromatic carbocycles. The Morgan fingerprint density at radius 3 is 2.53 bits per heavy atom. The van der Waals surface area contributed by atoms with E-state index in [-0.39, 0.29) is 11.8 Å². The van der Waals surface area contributed by atoms with Gasteiger partial charge < -0.3 is 4.52 Å². The van der Waals surface area contributed by atoms with Crippen LogP contribution in [-0.4, -0.2) is 22.6 Å². The molecule has 108 valence electrons. The largest absolute Gasteiger partial charge is 0.330 e. The molecule has 19 heavy (non-hydrogen) atoms. The Hall–Kier alpha value is -1.39. The zero-order chi connectivity index (χ0) is 14.3. The van der Waals surface area contributed by atoms with E-state index in [9.17, 15) is 4.79 Å². The van der Waals surface area contributed by atoms with Gasteiger partial charge in [-0.2, -0.15) is 4.98 Å². The second-order valence-electron chi connectivity index (χ2n) is 5.09. The quantitative estimate of drug-likeness (QED) is 0.725. The summed E-state index contributed by atoms with van der Waals surface area (Å²) in [6.45, 7) is 8.63. The van der Waals surface area contributed by atoms with Gasteiger partial charge in [-0.15, -0.1) is 0 Å². The molecule has 0 spiro atoms. The maximum Gasteiger partial charge on any atom is 0.330 e. The van der Waals surface area contributed by atoms with Gasteiger partial charge in [-0.25, -0.2) is 0 Å². The molecule has 0 aliphatic heterocycles. The lowest BCUT2D eigenvalue weighted by Gasteiger charge is -2.19. The van der Waals surface area contributed by atoms with Crippen LogP contribution in [0.15, 0.2) is 4.52 Å². The molecule has 1 aromatic heterocycles. The molecule has 0 saturated carbocycles. The molecule has 1 aromatic rings. The molecule has 1 amide bonds.